The van der Waals surface area contributed by atoms with Gasteiger partial charge in [-0.05, 0) is 112 Å². The first kappa shape index (κ1) is 37.9. The number of rotatable bonds is 6. The number of carbonyl (C=O) groups excluding carboxylic acids is 1. The van der Waals surface area contributed by atoms with Gasteiger partial charge >= 0.3 is 5.97 Å². The van der Waals surface area contributed by atoms with Gasteiger partial charge in [-0.15, -0.1) is 0 Å². The summed E-state index contributed by atoms with van der Waals surface area (Å²) >= 11 is 0. The van der Waals surface area contributed by atoms with Crippen molar-refractivity contribution in [2.45, 2.75) is 186 Å². The van der Waals surface area contributed by atoms with Gasteiger partial charge in [0.25, 0.3) is 0 Å². The van der Waals surface area contributed by atoms with Gasteiger partial charge in [-0.25, -0.2) is 0 Å². The largest absolute Gasteiger partial charge is 0.462 e. The molecule has 0 radical (unpaired) electrons. The molecule has 0 aromatic rings. The second-order valence-electron chi connectivity index (χ2n) is 19.0. The zero-order valence-corrected chi connectivity index (χ0v) is 31.1. The van der Waals surface area contributed by atoms with Crippen LogP contribution in [-0.4, -0.2) is 109 Å². The number of aliphatic hydroxyl groups is 6. The van der Waals surface area contributed by atoms with Gasteiger partial charge in [0.1, 0.15) is 36.1 Å². The lowest BCUT2D eigenvalue weighted by molar-refractivity contribution is -0.333. The first-order chi connectivity index (χ1) is 22.5. The predicted octanol–water partition coefficient (Wildman–Crippen LogP) is 3.22. The number of fused-ring (bicyclic) bond motifs is 5. The van der Waals surface area contributed by atoms with E-state index in [1.54, 1.807) is 13.8 Å². The lowest BCUT2D eigenvalue weighted by atomic mass is 9.35. The molecule has 282 valence electrons. The highest BCUT2D eigenvalue weighted by atomic mass is 16.7. The molecular formula is C38H64O11. The average Bonchev–Trinajstić information content (AvgIpc) is 3.56. The molecule has 0 aromatic heterocycles. The summed E-state index contributed by atoms with van der Waals surface area (Å²) < 4.78 is 25.1. The molecule has 11 nitrogen and oxygen atoms in total. The molecule has 6 aliphatic rings. The van der Waals surface area contributed by atoms with Crippen LogP contribution in [0.3, 0.4) is 0 Å². The molecule has 0 aromatic carbocycles. The summed E-state index contributed by atoms with van der Waals surface area (Å²) in [5.74, 6) is -0.301. The third-order valence-corrected chi connectivity index (χ3v) is 15.8. The Kier molecular flexibility index (Phi) is 9.32. The van der Waals surface area contributed by atoms with Crippen LogP contribution in [-0.2, 0) is 23.7 Å². The molecule has 16 atom stereocenters. The Balaban J connectivity index is 1.31. The SMILES string of the molecule is CC(=O)OC1CC2C3(C)CCC(OC4OC(CO)C(O)C(O)C4O)C(C)(C)C3CCC2(C)C2(C)CCC(O)(C3(C)CCC(C(C)(C)O)O3)C12. The minimum absolute atomic E-state index is 0.154. The number of hydrogen-bond acceptors (Lipinski definition) is 11. The zero-order valence-electron chi connectivity index (χ0n) is 31.1. The van der Waals surface area contributed by atoms with E-state index < -0.39 is 66.3 Å². The summed E-state index contributed by atoms with van der Waals surface area (Å²) in [6.07, 6.45) is -1.29. The van der Waals surface area contributed by atoms with Crippen LogP contribution in [0.5, 0.6) is 0 Å². The van der Waals surface area contributed by atoms with Crippen molar-refractivity contribution in [1.29, 1.82) is 0 Å². The molecule has 4 saturated carbocycles. The molecule has 0 spiro atoms. The standard InChI is InChI=1S/C38H64O11/c1-20(40)46-21-18-24-34(6)13-11-25(48-31-29(43)28(42)27(41)22(19-39)47-31)32(2,3)23(34)10-14-35(24,7)36(8)16-17-38(45,30(21)36)37(9)15-12-26(49-37)33(4,5)44/h21-31,39,41-45H,10-19H2,1-9H3. The highest BCUT2D eigenvalue weighted by Gasteiger charge is 2.76. The Morgan fingerprint density at radius 3 is 2.12 bits per heavy atom. The van der Waals surface area contributed by atoms with Gasteiger partial charge in [-0.2, -0.15) is 0 Å². The molecular weight excluding hydrogens is 632 g/mol. The van der Waals surface area contributed by atoms with Crippen LogP contribution in [0.25, 0.3) is 0 Å². The van der Waals surface area contributed by atoms with Crippen LogP contribution in [0.2, 0.25) is 0 Å². The Labute approximate surface area is 292 Å². The van der Waals surface area contributed by atoms with E-state index in [0.29, 0.717) is 32.1 Å². The predicted molar refractivity (Wildman–Crippen MR) is 179 cm³/mol. The van der Waals surface area contributed by atoms with Crippen LogP contribution in [0.15, 0.2) is 0 Å². The molecule has 0 bridgehead atoms. The number of aliphatic hydroxyl groups excluding tert-OH is 4. The van der Waals surface area contributed by atoms with E-state index in [-0.39, 0.29) is 51.5 Å². The maximum atomic E-state index is 12.9. The van der Waals surface area contributed by atoms with Gasteiger partial charge < -0.3 is 49.6 Å². The average molecular weight is 697 g/mol. The molecule has 16 unspecified atom stereocenters. The van der Waals surface area contributed by atoms with Gasteiger partial charge in [0, 0.05) is 12.8 Å². The van der Waals surface area contributed by atoms with Crippen molar-refractivity contribution in [1.82, 2.24) is 0 Å². The highest BCUT2D eigenvalue weighted by Crippen LogP contribution is 2.77. The van der Waals surface area contributed by atoms with Crippen LogP contribution >= 0.6 is 0 Å². The summed E-state index contributed by atoms with van der Waals surface area (Å²) in [6.45, 7) is 17.9. The van der Waals surface area contributed by atoms with Crippen molar-refractivity contribution < 1.29 is 54.4 Å². The van der Waals surface area contributed by atoms with Gasteiger partial charge in [-0.1, -0.05) is 34.6 Å². The van der Waals surface area contributed by atoms with Gasteiger partial charge in [-0.3, -0.25) is 4.79 Å². The van der Waals surface area contributed by atoms with Crippen LogP contribution < -0.4 is 0 Å². The third kappa shape index (κ3) is 5.41. The Bertz CT molecular complexity index is 1270. The van der Waals surface area contributed by atoms with E-state index >= 15 is 0 Å². The number of carbonyl (C=O) groups is 1. The molecule has 6 fully saturated rings. The van der Waals surface area contributed by atoms with E-state index in [2.05, 4.69) is 34.6 Å². The summed E-state index contributed by atoms with van der Waals surface area (Å²) in [6, 6.07) is 0. The fraction of sp³-hybridized carbons (Fsp3) is 0.974. The lowest BCUT2D eigenvalue weighted by Gasteiger charge is -2.71. The molecule has 0 amide bonds. The first-order valence-electron chi connectivity index (χ1n) is 18.8. The normalized spacial score (nSPS) is 54.1. The molecule has 4 aliphatic carbocycles. The Morgan fingerprint density at radius 1 is 0.857 bits per heavy atom. The molecule has 6 rings (SSSR count). The smallest absolute Gasteiger partial charge is 0.302 e. The topological polar surface area (TPSA) is 175 Å². The lowest BCUT2D eigenvalue weighted by Crippen LogP contribution is -2.70. The van der Waals surface area contributed by atoms with Gasteiger partial charge in [0.2, 0.25) is 0 Å². The quantitative estimate of drug-likeness (QED) is 0.178. The summed E-state index contributed by atoms with van der Waals surface area (Å²) in [4.78, 5) is 12.8. The zero-order chi connectivity index (χ0) is 36.3. The summed E-state index contributed by atoms with van der Waals surface area (Å²) in [5.41, 5.74) is -4.23. The van der Waals surface area contributed by atoms with Crippen LogP contribution in [0.1, 0.15) is 120 Å². The van der Waals surface area contributed by atoms with Crippen molar-refractivity contribution in [2.75, 3.05) is 6.61 Å². The Hall–Kier alpha value is -0.890. The second kappa shape index (κ2) is 12.1. The monoisotopic (exact) mass is 696 g/mol. The van der Waals surface area contributed by atoms with E-state index in [1.807, 2.05) is 6.92 Å². The van der Waals surface area contributed by atoms with Crippen LogP contribution in [0.4, 0.5) is 0 Å². The van der Waals surface area contributed by atoms with Crippen molar-refractivity contribution in [3.05, 3.63) is 0 Å². The van der Waals surface area contributed by atoms with E-state index in [9.17, 15) is 35.4 Å². The molecule has 11 heteroatoms. The minimum atomic E-state index is -1.50. The summed E-state index contributed by atoms with van der Waals surface area (Å²) in [5, 5.41) is 65.0. The number of ether oxygens (including phenoxy) is 4. The molecule has 2 saturated heterocycles. The fourth-order valence-electron chi connectivity index (χ4n) is 12.9. The third-order valence-electron chi connectivity index (χ3n) is 15.8. The maximum absolute atomic E-state index is 12.9. The second-order valence-corrected chi connectivity index (χ2v) is 19.0. The molecule has 2 heterocycles. The maximum Gasteiger partial charge on any atom is 0.302 e. The van der Waals surface area contributed by atoms with E-state index in [4.69, 9.17) is 18.9 Å². The van der Waals surface area contributed by atoms with E-state index in [1.165, 1.54) is 6.92 Å². The highest BCUT2D eigenvalue weighted by molar-refractivity contribution is 5.66. The minimum Gasteiger partial charge on any atom is -0.462 e. The van der Waals surface area contributed by atoms with Crippen molar-refractivity contribution in [3.8, 4) is 0 Å². The van der Waals surface area contributed by atoms with Crippen molar-refractivity contribution >= 4 is 5.97 Å². The van der Waals surface area contributed by atoms with Crippen molar-refractivity contribution in [2.24, 2.45) is 39.4 Å². The number of hydrogen-bond donors (Lipinski definition) is 6. The molecule has 6 N–H and O–H groups in total. The van der Waals surface area contributed by atoms with Gasteiger partial charge in [0.05, 0.1) is 30.0 Å². The van der Waals surface area contributed by atoms with Crippen molar-refractivity contribution in [3.63, 3.8) is 0 Å². The first-order valence-corrected chi connectivity index (χ1v) is 18.8. The molecule has 2 aliphatic heterocycles. The van der Waals surface area contributed by atoms with Gasteiger partial charge in [0.15, 0.2) is 6.29 Å². The molecule has 49 heavy (non-hydrogen) atoms. The van der Waals surface area contributed by atoms with Crippen LogP contribution in [0, 0.1) is 39.4 Å². The Morgan fingerprint density at radius 2 is 1.53 bits per heavy atom. The number of esters is 1. The summed E-state index contributed by atoms with van der Waals surface area (Å²) in [7, 11) is 0. The van der Waals surface area contributed by atoms with E-state index in [0.717, 1.165) is 25.7 Å². The fourth-order valence-corrected chi connectivity index (χ4v) is 12.9.